The SMILES string of the molecule is CC(C)(C)Oc1cccc(NC(=O)CCl)c1. The minimum Gasteiger partial charge on any atom is -0.488 e. The van der Waals surface area contributed by atoms with Gasteiger partial charge in [0.2, 0.25) is 5.91 Å². The van der Waals surface area contributed by atoms with Crippen LogP contribution in [0.2, 0.25) is 0 Å². The lowest BCUT2D eigenvalue weighted by Crippen LogP contribution is -2.23. The van der Waals surface area contributed by atoms with Gasteiger partial charge in [-0.05, 0) is 32.9 Å². The van der Waals surface area contributed by atoms with E-state index in [0.717, 1.165) is 5.75 Å². The predicted octanol–water partition coefficient (Wildman–Crippen LogP) is 3.04. The van der Waals surface area contributed by atoms with Crippen molar-refractivity contribution in [2.75, 3.05) is 11.2 Å². The molecule has 1 aromatic rings. The number of alkyl halides is 1. The highest BCUT2D eigenvalue weighted by Gasteiger charge is 2.11. The Morgan fingerprint density at radius 1 is 1.44 bits per heavy atom. The molecular weight excluding hydrogens is 226 g/mol. The number of hydrogen-bond donors (Lipinski definition) is 1. The highest BCUT2D eigenvalue weighted by molar-refractivity contribution is 6.29. The maximum atomic E-state index is 11.1. The minimum atomic E-state index is -0.255. The van der Waals surface area contributed by atoms with Gasteiger partial charge in [0, 0.05) is 11.8 Å². The van der Waals surface area contributed by atoms with E-state index < -0.39 is 0 Å². The van der Waals surface area contributed by atoms with E-state index in [9.17, 15) is 4.79 Å². The molecule has 0 spiro atoms. The smallest absolute Gasteiger partial charge is 0.239 e. The van der Waals surface area contributed by atoms with Crippen molar-refractivity contribution in [1.82, 2.24) is 0 Å². The number of amides is 1. The zero-order valence-electron chi connectivity index (χ0n) is 9.71. The van der Waals surface area contributed by atoms with Gasteiger partial charge in [0.15, 0.2) is 0 Å². The largest absolute Gasteiger partial charge is 0.488 e. The van der Waals surface area contributed by atoms with Gasteiger partial charge in [0.25, 0.3) is 0 Å². The van der Waals surface area contributed by atoms with E-state index in [2.05, 4.69) is 5.32 Å². The van der Waals surface area contributed by atoms with Gasteiger partial charge in [-0.3, -0.25) is 4.79 Å². The molecule has 0 saturated heterocycles. The second-order valence-corrected chi connectivity index (χ2v) is 4.69. The lowest BCUT2D eigenvalue weighted by molar-refractivity contribution is -0.113. The molecule has 0 aliphatic carbocycles. The molecule has 0 aromatic heterocycles. The third-order valence-electron chi connectivity index (χ3n) is 1.66. The maximum Gasteiger partial charge on any atom is 0.239 e. The molecule has 0 aliphatic rings. The highest BCUT2D eigenvalue weighted by Crippen LogP contribution is 2.21. The quantitative estimate of drug-likeness (QED) is 0.826. The Labute approximate surface area is 101 Å². The van der Waals surface area contributed by atoms with Crippen LogP contribution >= 0.6 is 11.6 Å². The van der Waals surface area contributed by atoms with Crippen LogP contribution in [0.25, 0.3) is 0 Å². The van der Waals surface area contributed by atoms with Crippen LogP contribution in [0.3, 0.4) is 0 Å². The number of anilines is 1. The van der Waals surface area contributed by atoms with Crippen LogP contribution in [0.5, 0.6) is 5.75 Å². The van der Waals surface area contributed by atoms with E-state index in [0.29, 0.717) is 5.69 Å². The van der Waals surface area contributed by atoms with E-state index in [1.165, 1.54) is 0 Å². The molecule has 0 heterocycles. The average Bonchev–Trinajstić information content (AvgIpc) is 2.15. The first-order chi connectivity index (χ1) is 7.40. The van der Waals surface area contributed by atoms with Crippen molar-refractivity contribution in [1.29, 1.82) is 0 Å². The summed E-state index contributed by atoms with van der Waals surface area (Å²) in [7, 11) is 0. The average molecular weight is 242 g/mol. The number of carbonyl (C=O) groups excluding carboxylic acids is 1. The van der Waals surface area contributed by atoms with E-state index in [1.54, 1.807) is 12.1 Å². The minimum absolute atomic E-state index is 0.0512. The topological polar surface area (TPSA) is 38.3 Å². The predicted molar refractivity (Wildman–Crippen MR) is 66.2 cm³/mol. The molecule has 0 atom stereocenters. The molecule has 0 saturated carbocycles. The summed E-state index contributed by atoms with van der Waals surface area (Å²) in [6.07, 6.45) is 0. The third kappa shape index (κ3) is 4.53. The van der Waals surface area contributed by atoms with Crippen molar-refractivity contribution >= 4 is 23.2 Å². The van der Waals surface area contributed by atoms with Gasteiger partial charge in [0.05, 0.1) is 0 Å². The van der Waals surface area contributed by atoms with Crippen molar-refractivity contribution in [3.8, 4) is 5.75 Å². The molecule has 0 fully saturated rings. The van der Waals surface area contributed by atoms with E-state index >= 15 is 0 Å². The summed E-state index contributed by atoms with van der Waals surface area (Å²) in [5, 5.41) is 2.67. The van der Waals surface area contributed by atoms with Crippen LogP contribution < -0.4 is 10.1 Å². The first kappa shape index (κ1) is 12.8. The van der Waals surface area contributed by atoms with Crippen molar-refractivity contribution in [3.63, 3.8) is 0 Å². The maximum absolute atomic E-state index is 11.1. The molecule has 0 unspecified atom stereocenters. The monoisotopic (exact) mass is 241 g/mol. The summed E-state index contributed by atoms with van der Waals surface area (Å²) in [6, 6.07) is 7.24. The number of carbonyl (C=O) groups is 1. The lowest BCUT2D eigenvalue weighted by atomic mass is 10.2. The molecule has 0 bridgehead atoms. The van der Waals surface area contributed by atoms with Crippen molar-refractivity contribution < 1.29 is 9.53 Å². The third-order valence-corrected chi connectivity index (χ3v) is 1.91. The second-order valence-electron chi connectivity index (χ2n) is 4.42. The van der Waals surface area contributed by atoms with Gasteiger partial charge in [-0.15, -0.1) is 11.6 Å². The molecule has 1 amide bonds. The van der Waals surface area contributed by atoms with Crippen molar-refractivity contribution in [2.45, 2.75) is 26.4 Å². The number of ether oxygens (including phenoxy) is 1. The Morgan fingerprint density at radius 2 is 2.12 bits per heavy atom. The number of rotatable bonds is 3. The molecule has 1 N–H and O–H groups in total. The molecule has 1 aromatic carbocycles. The van der Waals surface area contributed by atoms with Crippen LogP contribution in [0, 0.1) is 0 Å². The van der Waals surface area contributed by atoms with Gasteiger partial charge in [-0.25, -0.2) is 0 Å². The Balaban J connectivity index is 2.75. The highest BCUT2D eigenvalue weighted by atomic mass is 35.5. The fourth-order valence-electron chi connectivity index (χ4n) is 1.19. The Hall–Kier alpha value is -1.22. The molecule has 88 valence electrons. The van der Waals surface area contributed by atoms with E-state index in [4.69, 9.17) is 16.3 Å². The summed E-state index contributed by atoms with van der Waals surface area (Å²) in [6.45, 7) is 5.91. The summed E-state index contributed by atoms with van der Waals surface area (Å²) >= 11 is 5.40. The summed E-state index contributed by atoms with van der Waals surface area (Å²) in [5.41, 5.74) is 0.433. The van der Waals surface area contributed by atoms with Gasteiger partial charge < -0.3 is 10.1 Å². The Bertz CT molecular complexity index is 372. The number of nitrogens with one attached hydrogen (secondary N) is 1. The number of halogens is 1. The van der Waals surface area contributed by atoms with Crippen LogP contribution in [0.4, 0.5) is 5.69 Å². The number of benzene rings is 1. The zero-order valence-corrected chi connectivity index (χ0v) is 10.5. The van der Waals surface area contributed by atoms with E-state index in [-0.39, 0.29) is 17.4 Å². The van der Waals surface area contributed by atoms with Crippen molar-refractivity contribution in [3.05, 3.63) is 24.3 Å². The first-order valence-corrected chi connectivity index (χ1v) is 5.59. The van der Waals surface area contributed by atoms with Gasteiger partial charge >= 0.3 is 0 Å². The Kier molecular flexibility index (Phi) is 4.19. The van der Waals surface area contributed by atoms with Crippen LogP contribution in [0.1, 0.15) is 20.8 Å². The number of hydrogen-bond acceptors (Lipinski definition) is 2. The van der Waals surface area contributed by atoms with Gasteiger partial charge in [-0.1, -0.05) is 6.07 Å². The summed E-state index contributed by atoms with van der Waals surface area (Å²) in [5.74, 6) is 0.444. The first-order valence-electron chi connectivity index (χ1n) is 5.05. The van der Waals surface area contributed by atoms with Crippen LogP contribution in [-0.4, -0.2) is 17.4 Å². The second kappa shape index (κ2) is 5.21. The fraction of sp³-hybridized carbons (Fsp3) is 0.417. The Morgan fingerprint density at radius 3 is 2.69 bits per heavy atom. The standard InChI is InChI=1S/C12H16ClNO2/c1-12(2,3)16-10-6-4-5-9(7-10)14-11(15)8-13/h4-7H,8H2,1-3H3,(H,14,15). The molecule has 4 heteroatoms. The molecule has 0 radical (unpaired) electrons. The van der Waals surface area contributed by atoms with Gasteiger partial charge in [-0.2, -0.15) is 0 Å². The summed E-state index contributed by atoms with van der Waals surface area (Å²) in [4.78, 5) is 11.1. The zero-order chi connectivity index (χ0) is 12.2. The van der Waals surface area contributed by atoms with Crippen molar-refractivity contribution in [2.24, 2.45) is 0 Å². The molecule has 16 heavy (non-hydrogen) atoms. The molecule has 1 rings (SSSR count). The summed E-state index contributed by atoms with van der Waals surface area (Å²) < 4.78 is 5.67. The molecule has 0 aliphatic heterocycles. The fourth-order valence-corrected chi connectivity index (χ4v) is 1.25. The van der Waals surface area contributed by atoms with Crippen LogP contribution in [-0.2, 0) is 4.79 Å². The van der Waals surface area contributed by atoms with Gasteiger partial charge in [0.1, 0.15) is 17.2 Å². The van der Waals surface area contributed by atoms with Crippen LogP contribution in [0.15, 0.2) is 24.3 Å². The van der Waals surface area contributed by atoms with E-state index in [1.807, 2.05) is 32.9 Å². The lowest BCUT2D eigenvalue weighted by Gasteiger charge is -2.21. The molecule has 3 nitrogen and oxygen atoms in total. The molecular formula is C12H16ClNO2. The normalized spacial score (nSPS) is 11.0.